The number of rotatable bonds is 2. The highest BCUT2D eigenvalue weighted by atomic mass is 32.2. The van der Waals surface area contributed by atoms with Crippen LogP contribution < -0.4 is 5.32 Å². The number of nitrogens with zero attached hydrogens (tertiary/aromatic N) is 1. The molecule has 0 aromatic rings. The molecule has 3 aliphatic rings. The van der Waals surface area contributed by atoms with Crippen LogP contribution in [0.2, 0.25) is 0 Å². The Morgan fingerprint density at radius 2 is 2.22 bits per heavy atom. The lowest BCUT2D eigenvalue weighted by Gasteiger charge is -2.22. The van der Waals surface area contributed by atoms with Gasteiger partial charge in [-0.3, -0.25) is 9.79 Å². The number of amidine groups is 1. The van der Waals surface area contributed by atoms with E-state index in [-0.39, 0.29) is 16.8 Å². The Bertz CT molecular complexity index is 410. The largest absolute Gasteiger partial charge is 0.393 e. The molecule has 5 heteroatoms. The third-order valence-electron chi connectivity index (χ3n) is 4.76. The molecule has 3 fully saturated rings. The van der Waals surface area contributed by atoms with Crippen molar-refractivity contribution >= 4 is 22.8 Å². The monoisotopic (exact) mass is 268 g/mol. The molecule has 1 amide bonds. The predicted molar refractivity (Wildman–Crippen MR) is 72.5 cm³/mol. The van der Waals surface area contributed by atoms with Crippen LogP contribution >= 0.6 is 11.8 Å². The molecule has 3 rings (SSSR count). The first-order chi connectivity index (χ1) is 8.51. The number of hydrogen-bond acceptors (Lipinski definition) is 4. The van der Waals surface area contributed by atoms with Crippen LogP contribution in [-0.2, 0) is 4.79 Å². The molecule has 18 heavy (non-hydrogen) atoms. The van der Waals surface area contributed by atoms with Gasteiger partial charge in [-0.05, 0) is 44.4 Å². The molecule has 1 saturated heterocycles. The van der Waals surface area contributed by atoms with Crippen molar-refractivity contribution in [3.8, 4) is 0 Å². The molecular formula is C13H20N2O2S. The first-order valence-electron chi connectivity index (χ1n) is 6.78. The van der Waals surface area contributed by atoms with Crippen LogP contribution in [0.25, 0.3) is 0 Å². The van der Waals surface area contributed by atoms with Crippen LogP contribution in [0, 0.1) is 11.8 Å². The number of amides is 1. The Hall–Kier alpha value is -0.550. The summed E-state index contributed by atoms with van der Waals surface area (Å²) < 4.78 is -0.351. The number of aliphatic hydroxyl groups is 1. The van der Waals surface area contributed by atoms with Crippen molar-refractivity contribution in [2.45, 2.75) is 56.4 Å². The summed E-state index contributed by atoms with van der Waals surface area (Å²) >= 11 is 1.56. The molecule has 0 aromatic heterocycles. The number of hydrogen-bond donors (Lipinski definition) is 2. The number of nitrogens with one attached hydrogen (secondary N) is 1. The second-order valence-corrected chi connectivity index (χ2v) is 7.43. The molecule has 1 aliphatic heterocycles. The minimum absolute atomic E-state index is 0.0805. The molecule has 100 valence electrons. The Kier molecular flexibility index (Phi) is 2.94. The molecule has 1 unspecified atom stereocenters. The summed E-state index contributed by atoms with van der Waals surface area (Å²) in [6, 6.07) is 0.306. The fraction of sp³-hybridized carbons (Fsp3) is 0.846. The zero-order valence-electron chi connectivity index (χ0n) is 10.8. The Balaban J connectivity index is 1.71. The average Bonchev–Trinajstić information content (AvgIpc) is 2.94. The van der Waals surface area contributed by atoms with Crippen LogP contribution in [0.1, 0.15) is 39.5 Å². The van der Waals surface area contributed by atoms with Gasteiger partial charge >= 0.3 is 0 Å². The van der Waals surface area contributed by atoms with Gasteiger partial charge < -0.3 is 10.4 Å². The molecule has 0 aromatic carbocycles. The van der Waals surface area contributed by atoms with E-state index in [0.29, 0.717) is 17.9 Å². The van der Waals surface area contributed by atoms with E-state index in [2.05, 4.69) is 5.32 Å². The average molecular weight is 268 g/mol. The minimum atomic E-state index is -0.351. The van der Waals surface area contributed by atoms with Gasteiger partial charge in [-0.1, -0.05) is 18.7 Å². The SMILES string of the molecule is CCC1(C)SC(=N[C@H]2C[C@H]3C[C@@H]2C[C@@H]3O)NC1=O. The van der Waals surface area contributed by atoms with Gasteiger partial charge in [-0.25, -0.2) is 0 Å². The first kappa shape index (κ1) is 12.5. The van der Waals surface area contributed by atoms with Crippen molar-refractivity contribution in [3.05, 3.63) is 0 Å². The zero-order chi connectivity index (χ0) is 12.9. The maximum Gasteiger partial charge on any atom is 0.242 e. The first-order valence-corrected chi connectivity index (χ1v) is 7.60. The van der Waals surface area contributed by atoms with Crippen molar-refractivity contribution in [2.24, 2.45) is 16.8 Å². The Morgan fingerprint density at radius 1 is 1.44 bits per heavy atom. The number of aliphatic hydroxyl groups excluding tert-OH is 1. The van der Waals surface area contributed by atoms with Crippen molar-refractivity contribution < 1.29 is 9.90 Å². The Labute approximate surface area is 112 Å². The second-order valence-electron chi connectivity index (χ2n) is 5.94. The van der Waals surface area contributed by atoms with E-state index in [1.807, 2.05) is 13.8 Å². The molecule has 4 nitrogen and oxygen atoms in total. The quantitative estimate of drug-likeness (QED) is 0.798. The molecular weight excluding hydrogens is 248 g/mol. The van der Waals surface area contributed by atoms with Gasteiger partial charge in [0.1, 0.15) is 0 Å². The lowest BCUT2D eigenvalue weighted by Crippen LogP contribution is -2.33. The highest BCUT2D eigenvalue weighted by Crippen LogP contribution is 2.47. The van der Waals surface area contributed by atoms with Gasteiger partial charge in [-0.2, -0.15) is 0 Å². The van der Waals surface area contributed by atoms with E-state index in [9.17, 15) is 9.90 Å². The van der Waals surface area contributed by atoms with Crippen LogP contribution in [0.3, 0.4) is 0 Å². The van der Waals surface area contributed by atoms with Crippen molar-refractivity contribution in [3.63, 3.8) is 0 Å². The van der Waals surface area contributed by atoms with Crippen LogP contribution in [0.5, 0.6) is 0 Å². The topological polar surface area (TPSA) is 61.7 Å². The highest BCUT2D eigenvalue weighted by molar-refractivity contribution is 8.16. The van der Waals surface area contributed by atoms with E-state index >= 15 is 0 Å². The van der Waals surface area contributed by atoms with Gasteiger partial charge in [0.05, 0.1) is 16.9 Å². The third kappa shape index (κ3) is 1.88. The summed E-state index contributed by atoms with van der Waals surface area (Å²) in [5.41, 5.74) is 0. The number of aliphatic imine (C=N–C) groups is 1. The van der Waals surface area contributed by atoms with Crippen molar-refractivity contribution in [1.82, 2.24) is 5.32 Å². The summed E-state index contributed by atoms with van der Waals surface area (Å²) in [7, 11) is 0. The zero-order valence-corrected chi connectivity index (χ0v) is 11.7. The van der Waals surface area contributed by atoms with E-state index in [1.54, 1.807) is 11.8 Å². The van der Waals surface area contributed by atoms with Crippen LogP contribution in [0.15, 0.2) is 4.99 Å². The van der Waals surface area contributed by atoms with E-state index < -0.39 is 0 Å². The lowest BCUT2D eigenvalue weighted by atomic mass is 9.94. The molecule has 1 heterocycles. The highest BCUT2D eigenvalue weighted by Gasteiger charge is 2.47. The molecule has 5 atom stereocenters. The normalized spacial score (nSPS) is 49.1. The van der Waals surface area contributed by atoms with Gasteiger partial charge in [0.15, 0.2) is 5.17 Å². The van der Waals surface area contributed by atoms with Gasteiger partial charge in [-0.15, -0.1) is 0 Å². The summed E-state index contributed by atoms with van der Waals surface area (Å²) in [6.45, 7) is 4.00. The van der Waals surface area contributed by atoms with Crippen molar-refractivity contribution in [1.29, 1.82) is 0 Å². The Morgan fingerprint density at radius 3 is 2.72 bits per heavy atom. The van der Waals surface area contributed by atoms with Gasteiger partial charge in [0, 0.05) is 0 Å². The maximum atomic E-state index is 11.9. The van der Waals surface area contributed by atoms with Crippen molar-refractivity contribution in [2.75, 3.05) is 0 Å². The smallest absolute Gasteiger partial charge is 0.242 e. The number of fused-ring (bicyclic) bond motifs is 2. The van der Waals surface area contributed by atoms with Crippen LogP contribution in [0.4, 0.5) is 0 Å². The molecule has 2 saturated carbocycles. The summed E-state index contributed by atoms with van der Waals surface area (Å²) in [5.74, 6) is 1.03. The lowest BCUT2D eigenvalue weighted by molar-refractivity contribution is -0.121. The number of carbonyl (C=O) groups is 1. The molecule has 2 aliphatic carbocycles. The molecule has 0 spiro atoms. The summed E-state index contributed by atoms with van der Waals surface area (Å²) in [6.07, 6.45) is 3.67. The summed E-state index contributed by atoms with van der Waals surface area (Å²) in [5, 5.41) is 13.4. The fourth-order valence-corrected chi connectivity index (χ4v) is 4.38. The second kappa shape index (κ2) is 4.23. The van der Waals surface area contributed by atoms with Crippen LogP contribution in [-0.4, -0.2) is 33.1 Å². The summed E-state index contributed by atoms with van der Waals surface area (Å²) in [4.78, 5) is 16.6. The minimum Gasteiger partial charge on any atom is -0.393 e. The molecule has 0 radical (unpaired) electrons. The number of carbonyl (C=O) groups excluding carboxylic acids is 1. The standard InChI is InChI=1S/C13H20N2O2S/c1-3-13(2)11(17)15-12(18-13)14-9-5-8-4-7(9)6-10(8)16/h7-10,16H,3-6H2,1-2H3,(H,14,15,17)/t7-,8-,9+,10+,13?/m1/s1. The predicted octanol–water partition coefficient (Wildman–Crippen LogP) is 1.53. The molecule has 2 bridgehead atoms. The van der Waals surface area contributed by atoms with Gasteiger partial charge in [0.25, 0.3) is 0 Å². The fourth-order valence-electron chi connectivity index (χ4n) is 3.33. The third-order valence-corrected chi connectivity index (χ3v) is 6.09. The van der Waals surface area contributed by atoms with E-state index in [1.165, 1.54) is 0 Å². The maximum absolute atomic E-state index is 11.9. The molecule has 2 N–H and O–H groups in total. The number of thioether (sulfide) groups is 1. The van der Waals surface area contributed by atoms with Gasteiger partial charge in [0.2, 0.25) is 5.91 Å². The van der Waals surface area contributed by atoms with E-state index in [0.717, 1.165) is 30.9 Å². The van der Waals surface area contributed by atoms with E-state index in [4.69, 9.17) is 4.99 Å².